The molecule has 0 atom stereocenters. The Hall–Kier alpha value is -2.27. The molecule has 2 heterocycles. The number of halogens is 1. The lowest BCUT2D eigenvalue weighted by Gasteiger charge is -2.24. The number of benzene rings is 2. The van der Waals surface area contributed by atoms with Crippen molar-refractivity contribution in [2.75, 3.05) is 9.62 Å². The zero-order valence-electron chi connectivity index (χ0n) is 11.8. The first-order valence-electron chi connectivity index (χ1n) is 7.14. The second kappa shape index (κ2) is 5.50. The predicted octanol–water partition coefficient (Wildman–Crippen LogP) is 4.75. The van der Waals surface area contributed by atoms with Gasteiger partial charge in [-0.3, -0.25) is 0 Å². The van der Waals surface area contributed by atoms with Gasteiger partial charge in [0.25, 0.3) is 0 Å². The average molecular weight is 350 g/mol. The van der Waals surface area contributed by atoms with Gasteiger partial charge in [0, 0.05) is 11.9 Å². The summed E-state index contributed by atoms with van der Waals surface area (Å²) >= 11 is 3.84. The van der Waals surface area contributed by atoms with Crippen molar-refractivity contribution in [3.63, 3.8) is 0 Å². The summed E-state index contributed by atoms with van der Waals surface area (Å²) in [5, 5.41) is 0. The number of rotatable bonds is 2. The van der Waals surface area contributed by atoms with Gasteiger partial charge in [-0.1, -0.05) is 52.2 Å². The Morgan fingerprint density at radius 3 is 2.05 bits per heavy atom. The minimum Gasteiger partial charge on any atom is -0.354 e. The van der Waals surface area contributed by atoms with Crippen LogP contribution < -0.4 is 9.62 Å². The van der Waals surface area contributed by atoms with E-state index >= 15 is 0 Å². The Morgan fingerprint density at radius 2 is 1.36 bits per heavy atom. The Labute approximate surface area is 138 Å². The maximum atomic E-state index is 4.51. The molecular weight excluding hydrogens is 337 g/mol. The van der Waals surface area contributed by atoms with Crippen molar-refractivity contribution in [3.05, 3.63) is 79.0 Å². The number of hydrogen-bond donors (Lipinski definition) is 0. The molecule has 22 heavy (non-hydrogen) atoms. The summed E-state index contributed by atoms with van der Waals surface area (Å²) in [5.41, 5.74) is 3.46. The molecule has 0 unspecified atom stereocenters. The third kappa shape index (κ3) is 2.09. The molecule has 2 aromatic carbocycles. The predicted molar refractivity (Wildman–Crippen MR) is 96.1 cm³/mol. The maximum absolute atomic E-state index is 4.51. The first-order chi connectivity index (χ1) is 10.9. The number of para-hydroxylation sites is 3. The van der Waals surface area contributed by atoms with Gasteiger partial charge in [-0.25, -0.2) is 4.98 Å². The Kier molecular flexibility index (Phi) is 3.35. The van der Waals surface area contributed by atoms with Gasteiger partial charge >= 0.3 is 5.81 Å². The van der Waals surface area contributed by atoms with E-state index < -0.39 is 0 Å². The van der Waals surface area contributed by atoms with Gasteiger partial charge in [0.1, 0.15) is 5.82 Å². The summed E-state index contributed by atoms with van der Waals surface area (Å²) in [5.74, 6) is 0.914. The SMILES string of the molecule is BrB1N(c2ccccc2)c2ccccc2N1c1ccccn1. The Bertz CT molecular complexity index is 716. The normalized spacial score (nSPS) is 13.4. The van der Waals surface area contributed by atoms with Gasteiger partial charge in [0.05, 0.1) is 11.4 Å². The van der Waals surface area contributed by atoms with Crippen molar-refractivity contribution in [2.24, 2.45) is 0 Å². The summed E-state index contributed by atoms with van der Waals surface area (Å²) in [6, 6.07) is 24.7. The van der Waals surface area contributed by atoms with E-state index in [1.54, 1.807) is 0 Å². The highest BCUT2D eigenvalue weighted by Crippen LogP contribution is 2.46. The highest BCUT2D eigenvalue weighted by atomic mass is 79.9. The standard InChI is InChI=1S/C17H13BBrN3/c19-18-21(14-8-2-1-3-9-14)15-10-4-5-11-16(15)22(18)17-12-6-7-13-20-17/h1-13H. The fourth-order valence-corrected chi connectivity index (χ4v) is 3.68. The quantitative estimate of drug-likeness (QED) is 0.622. The summed E-state index contributed by atoms with van der Waals surface area (Å²) < 4.78 is 0. The third-order valence-corrected chi connectivity index (χ3v) is 4.58. The number of pyridine rings is 1. The zero-order valence-corrected chi connectivity index (χ0v) is 13.4. The molecule has 0 bridgehead atoms. The molecule has 1 aromatic heterocycles. The average Bonchev–Trinajstić information content (AvgIpc) is 2.88. The van der Waals surface area contributed by atoms with Crippen LogP contribution in [0.1, 0.15) is 0 Å². The van der Waals surface area contributed by atoms with Gasteiger partial charge in [-0.2, -0.15) is 0 Å². The Morgan fingerprint density at radius 1 is 0.727 bits per heavy atom. The second-order valence-corrected chi connectivity index (χ2v) is 5.88. The summed E-state index contributed by atoms with van der Waals surface area (Å²) in [4.78, 5) is 8.97. The minimum atomic E-state index is -0.0119. The van der Waals surface area contributed by atoms with E-state index in [9.17, 15) is 0 Å². The maximum Gasteiger partial charge on any atom is 0.466 e. The lowest BCUT2D eigenvalue weighted by molar-refractivity contribution is 1.25. The number of nitrogens with zero attached hydrogens (tertiary/aromatic N) is 3. The summed E-state index contributed by atoms with van der Waals surface area (Å²) in [7, 11) is 0. The molecule has 4 rings (SSSR count). The first-order valence-corrected chi connectivity index (χ1v) is 8.05. The van der Waals surface area contributed by atoms with Gasteiger partial charge < -0.3 is 9.62 Å². The Balaban J connectivity index is 1.87. The molecule has 1 aliphatic heterocycles. The molecular formula is C17H13BBrN3. The molecule has 3 nitrogen and oxygen atoms in total. The molecule has 0 amide bonds. The fourth-order valence-electron chi connectivity index (χ4n) is 2.80. The smallest absolute Gasteiger partial charge is 0.354 e. The topological polar surface area (TPSA) is 19.4 Å². The van der Waals surface area contributed by atoms with E-state index in [1.807, 2.05) is 30.5 Å². The second-order valence-electron chi connectivity index (χ2n) is 5.06. The van der Waals surface area contributed by atoms with Crippen LogP contribution in [-0.4, -0.2) is 10.8 Å². The largest absolute Gasteiger partial charge is 0.466 e. The third-order valence-electron chi connectivity index (χ3n) is 3.76. The number of fused-ring (bicyclic) bond motifs is 1. The van der Waals surface area contributed by atoms with Crippen molar-refractivity contribution in [1.82, 2.24) is 4.98 Å². The highest BCUT2D eigenvalue weighted by molar-refractivity contribution is 9.24. The molecule has 5 heteroatoms. The van der Waals surface area contributed by atoms with E-state index in [1.165, 1.54) is 5.69 Å². The van der Waals surface area contributed by atoms with Crippen LogP contribution in [0.4, 0.5) is 22.9 Å². The molecule has 3 aromatic rings. The van der Waals surface area contributed by atoms with Crippen LogP contribution in [0, 0.1) is 0 Å². The minimum absolute atomic E-state index is 0.0119. The van der Waals surface area contributed by atoms with Crippen molar-refractivity contribution in [2.45, 2.75) is 0 Å². The van der Waals surface area contributed by atoms with E-state index in [-0.39, 0.29) is 5.81 Å². The monoisotopic (exact) mass is 349 g/mol. The van der Waals surface area contributed by atoms with Crippen LogP contribution in [0.15, 0.2) is 79.0 Å². The van der Waals surface area contributed by atoms with Crippen molar-refractivity contribution in [1.29, 1.82) is 0 Å². The molecule has 0 fully saturated rings. The van der Waals surface area contributed by atoms with E-state index in [4.69, 9.17) is 0 Å². The van der Waals surface area contributed by atoms with Crippen LogP contribution in [-0.2, 0) is 0 Å². The lowest BCUT2D eigenvalue weighted by Crippen LogP contribution is -2.38. The first kappa shape index (κ1) is 13.4. The van der Waals surface area contributed by atoms with Crippen molar-refractivity contribution >= 4 is 44.4 Å². The van der Waals surface area contributed by atoms with Crippen LogP contribution in [0.5, 0.6) is 0 Å². The molecule has 0 saturated heterocycles. The van der Waals surface area contributed by atoms with Crippen LogP contribution in [0.25, 0.3) is 0 Å². The van der Waals surface area contributed by atoms with Crippen LogP contribution in [0.2, 0.25) is 0 Å². The lowest BCUT2D eigenvalue weighted by atomic mass is 10.0. The highest BCUT2D eigenvalue weighted by Gasteiger charge is 2.40. The summed E-state index contributed by atoms with van der Waals surface area (Å²) in [6.07, 6.45) is 1.82. The molecule has 0 spiro atoms. The van der Waals surface area contributed by atoms with Crippen molar-refractivity contribution in [3.8, 4) is 0 Å². The number of aromatic nitrogens is 1. The van der Waals surface area contributed by atoms with Gasteiger partial charge in [-0.15, -0.1) is 0 Å². The molecule has 0 saturated carbocycles. The molecule has 0 N–H and O–H groups in total. The fraction of sp³-hybridized carbons (Fsp3) is 0. The number of hydrogen-bond acceptors (Lipinski definition) is 3. The van der Waals surface area contributed by atoms with Gasteiger partial charge in [-0.05, 0) is 36.4 Å². The zero-order chi connectivity index (χ0) is 14.9. The molecule has 1 aliphatic rings. The molecule has 0 radical (unpaired) electrons. The van der Waals surface area contributed by atoms with Gasteiger partial charge in [0.15, 0.2) is 0 Å². The van der Waals surface area contributed by atoms with E-state index in [2.05, 4.69) is 78.9 Å². The van der Waals surface area contributed by atoms with Crippen LogP contribution >= 0.6 is 15.8 Å². The van der Waals surface area contributed by atoms with E-state index in [0.717, 1.165) is 17.2 Å². The molecule has 0 aliphatic carbocycles. The van der Waals surface area contributed by atoms with Crippen molar-refractivity contribution < 1.29 is 0 Å². The van der Waals surface area contributed by atoms with Gasteiger partial charge in [0.2, 0.25) is 0 Å². The van der Waals surface area contributed by atoms with Crippen LogP contribution in [0.3, 0.4) is 0 Å². The summed E-state index contributed by atoms with van der Waals surface area (Å²) in [6.45, 7) is 0. The van der Waals surface area contributed by atoms with E-state index in [0.29, 0.717) is 0 Å². The molecule has 106 valence electrons. The number of anilines is 4.